The molecule has 3 rings (SSSR count). The van der Waals surface area contributed by atoms with Crippen molar-refractivity contribution in [3.8, 4) is 5.69 Å². The molecule has 1 fully saturated rings. The Labute approximate surface area is 103 Å². The monoisotopic (exact) mass is 244 g/mol. The van der Waals surface area contributed by atoms with E-state index in [-0.39, 0.29) is 11.8 Å². The Balaban J connectivity index is 1.85. The van der Waals surface area contributed by atoms with Crippen molar-refractivity contribution in [2.75, 3.05) is 18.4 Å². The second-order valence-corrected chi connectivity index (χ2v) is 4.12. The van der Waals surface area contributed by atoms with Crippen LogP contribution in [0, 0.1) is 5.92 Å². The Kier molecular flexibility index (Phi) is 2.73. The molecule has 2 heterocycles. The van der Waals surface area contributed by atoms with Crippen LogP contribution in [0.2, 0.25) is 0 Å². The van der Waals surface area contributed by atoms with Gasteiger partial charge in [-0.25, -0.2) is 0 Å². The van der Waals surface area contributed by atoms with Gasteiger partial charge in [-0.1, -0.05) is 12.1 Å². The van der Waals surface area contributed by atoms with Gasteiger partial charge in [-0.3, -0.25) is 4.79 Å². The Morgan fingerprint density at radius 2 is 2.22 bits per heavy atom. The molecule has 0 unspecified atom stereocenters. The highest BCUT2D eigenvalue weighted by molar-refractivity contribution is 5.95. The topological polar surface area (TPSA) is 84.7 Å². The van der Waals surface area contributed by atoms with Crippen LogP contribution in [-0.4, -0.2) is 39.2 Å². The second-order valence-electron chi connectivity index (χ2n) is 4.12. The van der Waals surface area contributed by atoms with E-state index >= 15 is 0 Å². The molecule has 0 spiro atoms. The summed E-state index contributed by atoms with van der Waals surface area (Å²) in [6.45, 7) is 1.47. The molecule has 0 aliphatic carbocycles. The highest BCUT2D eigenvalue weighted by atomic mass is 16.2. The molecule has 1 aliphatic rings. The Bertz CT molecular complexity index is 548. The summed E-state index contributed by atoms with van der Waals surface area (Å²) in [4.78, 5) is 11.9. The van der Waals surface area contributed by atoms with Gasteiger partial charge in [0.2, 0.25) is 5.91 Å². The average molecular weight is 244 g/mol. The first kappa shape index (κ1) is 10.8. The molecule has 1 amide bonds. The van der Waals surface area contributed by atoms with Gasteiger partial charge < -0.3 is 10.6 Å². The molecule has 1 aliphatic heterocycles. The van der Waals surface area contributed by atoms with Crippen molar-refractivity contribution in [1.82, 2.24) is 25.5 Å². The Hall–Kier alpha value is -2.28. The van der Waals surface area contributed by atoms with Gasteiger partial charge in [-0.15, -0.1) is 5.10 Å². The van der Waals surface area contributed by atoms with Crippen LogP contribution < -0.4 is 10.6 Å². The molecule has 0 radical (unpaired) electrons. The minimum Gasteiger partial charge on any atom is -0.324 e. The van der Waals surface area contributed by atoms with Gasteiger partial charge in [-0.05, 0) is 22.6 Å². The standard InChI is InChI=1S/C11H12N6O/c18-11(8-5-12-6-8)14-9-3-1-2-4-10(9)17-7-13-15-16-17/h1-4,7-8,12H,5-6H2,(H,14,18). The minimum absolute atomic E-state index is 0.0225. The summed E-state index contributed by atoms with van der Waals surface area (Å²) in [6.07, 6.45) is 1.50. The second kappa shape index (κ2) is 4.53. The lowest BCUT2D eigenvalue weighted by Crippen LogP contribution is -2.48. The number of benzene rings is 1. The highest BCUT2D eigenvalue weighted by Crippen LogP contribution is 2.19. The maximum Gasteiger partial charge on any atom is 0.230 e. The predicted molar refractivity (Wildman–Crippen MR) is 64.1 cm³/mol. The fourth-order valence-electron chi connectivity index (χ4n) is 1.76. The molecule has 0 bridgehead atoms. The maximum atomic E-state index is 11.9. The van der Waals surface area contributed by atoms with Gasteiger partial charge in [0.05, 0.1) is 17.3 Å². The fraction of sp³-hybridized carbons (Fsp3) is 0.273. The third kappa shape index (κ3) is 1.95. The van der Waals surface area contributed by atoms with Crippen LogP contribution in [0.25, 0.3) is 5.69 Å². The molecule has 2 N–H and O–H groups in total. The van der Waals surface area contributed by atoms with Gasteiger partial charge in [0.15, 0.2) is 0 Å². The van der Waals surface area contributed by atoms with Crippen molar-refractivity contribution < 1.29 is 4.79 Å². The van der Waals surface area contributed by atoms with Crippen molar-refractivity contribution >= 4 is 11.6 Å². The average Bonchev–Trinajstić information content (AvgIpc) is 2.80. The summed E-state index contributed by atoms with van der Waals surface area (Å²) in [5, 5.41) is 17.0. The SMILES string of the molecule is O=C(Nc1ccccc1-n1cnnn1)C1CNC1. The van der Waals surface area contributed by atoms with Crippen molar-refractivity contribution in [2.24, 2.45) is 5.92 Å². The smallest absolute Gasteiger partial charge is 0.230 e. The van der Waals surface area contributed by atoms with Crippen LogP contribution in [0.5, 0.6) is 0 Å². The van der Waals surface area contributed by atoms with E-state index in [1.807, 2.05) is 24.3 Å². The Morgan fingerprint density at radius 1 is 1.39 bits per heavy atom. The van der Waals surface area contributed by atoms with E-state index < -0.39 is 0 Å². The largest absolute Gasteiger partial charge is 0.324 e. The lowest BCUT2D eigenvalue weighted by molar-refractivity contribution is -0.121. The summed E-state index contributed by atoms with van der Waals surface area (Å²) in [6, 6.07) is 7.42. The van der Waals surface area contributed by atoms with E-state index in [9.17, 15) is 4.79 Å². The molecule has 7 nitrogen and oxygen atoms in total. The third-order valence-corrected chi connectivity index (χ3v) is 2.91. The van der Waals surface area contributed by atoms with Crippen LogP contribution in [-0.2, 0) is 4.79 Å². The maximum absolute atomic E-state index is 11.9. The normalized spacial score (nSPS) is 15.1. The predicted octanol–water partition coefficient (Wildman–Crippen LogP) is -0.180. The molecule has 1 saturated heterocycles. The van der Waals surface area contributed by atoms with Gasteiger partial charge in [0.1, 0.15) is 6.33 Å². The molecule has 1 aromatic heterocycles. The summed E-state index contributed by atoms with van der Waals surface area (Å²) in [7, 11) is 0. The number of rotatable bonds is 3. The van der Waals surface area contributed by atoms with Gasteiger partial charge in [-0.2, -0.15) is 4.68 Å². The minimum atomic E-state index is 0.0225. The molecule has 18 heavy (non-hydrogen) atoms. The number of nitrogens with one attached hydrogen (secondary N) is 2. The summed E-state index contributed by atoms with van der Waals surface area (Å²) in [5.41, 5.74) is 1.46. The number of nitrogens with zero attached hydrogens (tertiary/aromatic N) is 4. The van der Waals surface area contributed by atoms with E-state index in [1.165, 1.54) is 11.0 Å². The molecule has 7 heteroatoms. The first-order valence-electron chi connectivity index (χ1n) is 5.68. The van der Waals surface area contributed by atoms with E-state index in [4.69, 9.17) is 0 Å². The third-order valence-electron chi connectivity index (χ3n) is 2.91. The molecule has 1 aromatic carbocycles. The number of amides is 1. The number of hydrogen-bond acceptors (Lipinski definition) is 5. The van der Waals surface area contributed by atoms with E-state index in [0.29, 0.717) is 5.69 Å². The number of anilines is 1. The highest BCUT2D eigenvalue weighted by Gasteiger charge is 2.25. The van der Waals surface area contributed by atoms with Crippen molar-refractivity contribution in [1.29, 1.82) is 0 Å². The van der Waals surface area contributed by atoms with E-state index in [0.717, 1.165) is 18.8 Å². The zero-order chi connectivity index (χ0) is 12.4. The lowest BCUT2D eigenvalue weighted by atomic mass is 10.0. The molecular weight excluding hydrogens is 232 g/mol. The number of hydrogen-bond donors (Lipinski definition) is 2. The number of carbonyl (C=O) groups excluding carboxylic acids is 1. The van der Waals surface area contributed by atoms with Crippen molar-refractivity contribution in [3.05, 3.63) is 30.6 Å². The molecule has 0 atom stereocenters. The molecule has 0 saturated carbocycles. The number of carbonyl (C=O) groups is 1. The fourth-order valence-corrected chi connectivity index (χ4v) is 1.76. The summed E-state index contributed by atoms with van der Waals surface area (Å²) < 4.78 is 1.52. The van der Waals surface area contributed by atoms with Crippen LogP contribution in [0.3, 0.4) is 0 Å². The molecule has 92 valence electrons. The first-order chi connectivity index (χ1) is 8.84. The number of aromatic nitrogens is 4. The number of para-hydroxylation sites is 2. The van der Waals surface area contributed by atoms with Crippen molar-refractivity contribution in [2.45, 2.75) is 0 Å². The van der Waals surface area contributed by atoms with Crippen LogP contribution in [0.15, 0.2) is 30.6 Å². The molecular formula is C11H12N6O. The van der Waals surface area contributed by atoms with Crippen LogP contribution in [0.4, 0.5) is 5.69 Å². The van der Waals surface area contributed by atoms with Crippen molar-refractivity contribution in [3.63, 3.8) is 0 Å². The molecule has 2 aromatic rings. The van der Waals surface area contributed by atoms with Gasteiger partial charge in [0, 0.05) is 13.1 Å². The van der Waals surface area contributed by atoms with Gasteiger partial charge >= 0.3 is 0 Å². The lowest BCUT2D eigenvalue weighted by Gasteiger charge is -2.26. The van der Waals surface area contributed by atoms with E-state index in [1.54, 1.807) is 0 Å². The Morgan fingerprint density at radius 3 is 2.89 bits per heavy atom. The van der Waals surface area contributed by atoms with Gasteiger partial charge in [0.25, 0.3) is 0 Å². The van der Waals surface area contributed by atoms with E-state index in [2.05, 4.69) is 26.2 Å². The number of tetrazole rings is 1. The zero-order valence-electron chi connectivity index (χ0n) is 9.58. The first-order valence-corrected chi connectivity index (χ1v) is 5.68. The zero-order valence-corrected chi connectivity index (χ0v) is 9.58. The summed E-state index contributed by atoms with van der Waals surface area (Å²) >= 11 is 0. The summed E-state index contributed by atoms with van der Waals surface area (Å²) in [5.74, 6) is 0.0706. The van der Waals surface area contributed by atoms with Crippen LogP contribution in [0.1, 0.15) is 0 Å². The van der Waals surface area contributed by atoms with Crippen LogP contribution >= 0.6 is 0 Å². The quantitative estimate of drug-likeness (QED) is 0.782.